The molecule has 6 heteroatoms. The summed E-state index contributed by atoms with van der Waals surface area (Å²) in [5.41, 5.74) is 3.40. The summed E-state index contributed by atoms with van der Waals surface area (Å²) in [6.45, 7) is 11.3. The maximum absolute atomic E-state index is 12.5. The van der Waals surface area contributed by atoms with Crippen molar-refractivity contribution in [2.24, 2.45) is 0 Å². The molecule has 29 heavy (non-hydrogen) atoms. The van der Waals surface area contributed by atoms with Gasteiger partial charge in [0.2, 0.25) is 4.96 Å². The molecule has 0 bridgehead atoms. The van der Waals surface area contributed by atoms with Crippen LogP contribution in [0, 0.1) is 0 Å². The van der Waals surface area contributed by atoms with Gasteiger partial charge in [-0.2, -0.15) is 9.61 Å². The van der Waals surface area contributed by atoms with Gasteiger partial charge >= 0.3 is 0 Å². The summed E-state index contributed by atoms with van der Waals surface area (Å²) in [5.74, 6) is 0.543. The summed E-state index contributed by atoms with van der Waals surface area (Å²) in [6, 6.07) is 10.5. The van der Waals surface area contributed by atoms with Crippen LogP contribution in [0.1, 0.15) is 74.7 Å². The van der Waals surface area contributed by atoms with E-state index in [-0.39, 0.29) is 5.56 Å². The second-order valence-corrected chi connectivity index (χ2v) is 9.03. The summed E-state index contributed by atoms with van der Waals surface area (Å²) in [7, 11) is 0. The molecule has 3 aromatic rings. The van der Waals surface area contributed by atoms with E-state index in [2.05, 4.69) is 62.0 Å². The van der Waals surface area contributed by atoms with Crippen LogP contribution in [0.3, 0.4) is 0 Å². The lowest BCUT2D eigenvalue weighted by Gasteiger charge is -2.21. The van der Waals surface area contributed by atoms with E-state index in [1.165, 1.54) is 27.0 Å². The molecule has 0 aliphatic carbocycles. The molecule has 0 radical (unpaired) electrons. The number of rotatable bonds is 10. The highest BCUT2D eigenvalue weighted by atomic mass is 32.1. The number of aromatic nitrogens is 3. The van der Waals surface area contributed by atoms with Gasteiger partial charge in [-0.3, -0.25) is 9.69 Å². The number of nitrogens with zero attached hydrogens (tertiary/aromatic N) is 4. The molecule has 0 atom stereocenters. The molecule has 0 spiro atoms. The van der Waals surface area contributed by atoms with Gasteiger partial charge in [0, 0.05) is 25.6 Å². The molecule has 3 rings (SSSR count). The monoisotopic (exact) mass is 412 g/mol. The molecule has 0 aliphatic rings. The third-order valence-corrected chi connectivity index (χ3v) is 6.03. The Hall–Kier alpha value is -2.05. The zero-order valence-corrected chi connectivity index (χ0v) is 18.8. The molecule has 0 fully saturated rings. The van der Waals surface area contributed by atoms with Gasteiger partial charge in [-0.1, -0.05) is 69.7 Å². The van der Waals surface area contributed by atoms with Crippen LogP contribution in [-0.4, -0.2) is 26.0 Å². The summed E-state index contributed by atoms with van der Waals surface area (Å²) in [4.78, 5) is 20.3. The van der Waals surface area contributed by atoms with Crippen molar-refractivity contribution in [2.75, 3.05) is 6.54 Å². The molecule has 0 amide bonds. The molecule has 5 nitrogen and oxygen atoms in total. The van der Waals surface area contributed by atoms with Crippen LogP contribution in [0.2, 0.25) is 0 Å². The second-order valence-electron chi connectivity index (χ2n) is 7.99. The van der Waals surface area contributed by atoms with Crippen LogP contribution < -0.4 is 5.56 Å². The molecule has 0 unspecified atom stereocenters. The van der Waals surface area contributed by atoms with Crippen LogP contribution >= 0.6 is 11.3 Å². The van der Waals surface area contributed by atoms with Gasteiger partial charge in [0.25, 0.3) is 5.56 Å². The number of hydrogen-bond acceptors (Lipinski definition) is 5. The molecule has 0 aliphatic heterocycles. The molecular weight excluding hydrogens is 380 g/mol. The van der Waals surface area contributed by atoms with Crippen LogP contribution in [0.5, 0.6) is 0 Å². The van der Waals surface area contributed by atoms with Gasteiger partial charge < -0.3 is 0 Å². The Kier molecular flexibility index (Phi) is 7.56. The van der Waals surface area contributed by atoms with Gasteiger partial charge in [-0.25, -0.2) is 4.98 Å². The van der Waals surface area contributed by atoms with Crippen LogP contribution in [0.15, 0.2) is 35.1 Å². The number of aryl methyl sites for hydroxylation is 1. The van der Waals surface area contributed by atoms with E-state index in [1.54, 1.807) is 6.07 Å². The maximum Gasteiger partial charge on any atom is 0.275 e. The second kappa shape index (κ2) is 10.1. The van der Waals surface area contributed by atoms with E-state index in [0.717, 1.165) is 49.5 Å². The quantitative estimate of drug-likeness (QED) is 0.469. The summed E-state index contributed by atoms with van der Waals surface area (Å²) >= 11 is 1.54. The van der Waals surface area contributed by atoms with Gasteiger partial charge in [0.05, 0.1) is 5.69 Å². The van der Waals surface area contributed by atoms with Crippen molar-refractivity contribution in [3.63, 3.8) is 0 Å². The molecule has 0 N–H and O–H groups in total. The van der Waals surface area contributed by atoms with Crippen molar-refractivity contribution in [3.8, 4) is 0 Å². The average Bonchev–Trinajstić information content (AvgIpc) is 3.10. The highest BCUT2D eigenvalue weighted by Gasteiger charge is 2.12. The molecule has 156 valence electrons. The van der Waals surface area contributed by atoms with Crippen LogP contribution in [-0.2, 0) is 19.5 Å². The lowest BCUT2D eigenvalue weighted by Crippen LogP contribution is -2.26. The first-order chi connectivity index (χ1) is 14.0. The molecular formula is C23H32N4OS. The average molecular weight is 413 g/mol. The largest absolute Gasteiger partial charge is 0.293 e. The molecule has 0 saturated heterocycles. The van der Waals surface area contributed by atoms with Gasteiger partial charge in [-0.05, 0) is 36.4 Å². The minimum Gasteiger partial charge on any atom is -0.293 e. The van der Waals surface area contributed by atoms with E-state index in [1.807, 2.05) is 0 Å². The Balaban J connectivity index is 1.77. The Morgan fingerprint density at radius 2 is 1.86 bits per heavy atom. The normalized spacial score (nSPS) is 11.8. The van der Waals surface area contributed by atoms with E-state index in [4.69, 9.17) is 4.98 Å². The molecule has 1 aromatic carbocycles. The van der Waals surface area contributed by atoms with Crippen molar-refractivity contribution in [3.05, 3.63) is 62.5 Å². The number of fused-ring (bicyclic) bond motifs is 1. The van der Waals surface area contributed by atoms with Gasteiger partial charge in [0.15, 0.2) is 0 Å². The Bertz CT molecular complexity index is 975. The first kappa shape index (κ1) is 21.7. The number of unbranched alkanes of at least 4 members (excludes halogenated alkanes) is 1. The van der Waals surface area contributed by atoms with Crippen molar-refractivity contribution in [2.45, 2.75) is 72.4 Å². The third kappa shape index (κ3) is 5.73. The highest BCUT2D eigenvalue weighted by Crippen LogP contribution is 2.17. The van der Waals surface area contributed by atoms with Gasteiger partial charge in [-0.15, -0.1) is 0 Å². The molecule has 0 saturated carbocycles. The smallest absolute Gasteiger partial charge is 0.275 e. The van der Waals surface area contributed by atoms with E-state index >= 15 is 0 Å². The lowest BCUT2D eigenvalue weighted by molar-refractivity contribution is 0.254. The first-order valence-corrected chi connectivity index (χ1v) is 11.5. The zero-order valence-electron chi connectivity index (χ0n) is 18.0. The topological polar surface area (TPSA) is 50.5 Å². The number of benzene rings is 1. The van der Waals surface area contributed by atoms with Crippen molar-refractivity contribution < 1.29 is 0 Å². The molecule has 2 aromatic heterocycles. The Morgan fingerprint density at radius 1 is 1.10 bits per heavy atom. The fraction of sp³-hybridized carbons (Fsp3) is 0.522. The Morgan fingerprint density at radius 3 is 2.52 bits per heavy atom. The van der Waals surface area contributed by atoms with Gasteiger partial charge in [0.1, 0.15) is 5.01 Å². The minimum atomic E-state index is -0.0817. The maximum atomic E-state index is 12.5. The predicted molar refractivity (Wildman–Crippen MR) is 121 cm³/mol. The lowest BCUT2D eigenvalue weighted by atomic mass is 10.0. The SMILES string of the molecule is CCCCc1nn2c(=O)cc(CN(CCC)Cc3ccc(C(C)C)cc3)nc2s1. The van der Waals surface area contributed by atoms with Crippen LogP contribution in [0.25, 0.3) is 4.96 Å². The van der Waals surface area contributed by atoms with E-state index < -0.39 is 0 Å². The van der Waals surface area contributed by atoms with Crippen molar-refractivity contribution in [1.82, 2.24) is 19.5 Å². The summed E-state index contributed by atoms with van der Waals surface area (Å²) in [5, 5.41) is 5.43. The van der Waals surface area contributed by atoms with Crippen LogP contribution in [0.4, 0.5) is 0 Å². The minimum absolute atomic E-state index is 0.0817. The molecule has 2 heterocycles. The predicted octanol–water partition coefficient (Wildman–Crippen LogP) is 5.03. The third-order valence-electron chi connectivity index (χ3n) is 5.06. The standard InChI is InChI=1S/C23H32N4OS/c1-5-7-8-21-25-27-22(28)14-20(24-23(27)29-21)16-26(13-6-2)15-18-9-11-19(12-10-18)17(3)4/h9-12,14,17H,5-8,13,15-16H2,1-4H3. The fourth-order valence-corrected chi connectivity index (χ4v) is 4.39. The number of hydrogen-bond donors (Lipinski definition) is 0. The van der Waals surface area contributed by atoms with Crippen molar-refractivity contribution >= 4 is 16.3 Å². The van der Waals surface area contributed by atoms with E-state index in [9.17, 15) is 4.79 Å². The zero-order chi connectivity index (χ0) is 20.8. The first-order valence-electron chi connectivity index (χ1n) is 10.7. The summed E-state index contributed by atoms with van der Waals surface area (Å²) < 4.78 is 1.45. The fourth-order valence-electron chi connectivity index (χ4n) is 3.43. The van der Waals surface area contributed by atoms with E-state index in [0.29, 0.717) is 17.4 Å². The summed E-state index contributed by atoms with van der Waals surface area (Å²) in [6.07, 6.45) is 4.18. The highest BCUT2D eigenvalue weighted by molar-refractivity contribution is 7.16. The Labute approximate surface area is 177 Å². The van der Waals surface area contributed by atoms with Crippen molar-refractivity contribution in [1.29, 1.82) is 0 Å².